The monoisotopic (exact) mass is 423 g/mol. The summed E-state index contributed by atoms with van der Waals surface area (Å²) in [7, 11) is 1.46. The van der Waals surface area contributed by atoms with Crippen LogP contribution in [-0.4, -0.2) is 24.5 Å². The summed E-state index contributed by atoms with van der Waals surface area (Å²) >= 11 is 0. The molecule has 0 radical (unpaired) electrons. The number of hydrogen-bond donors (Lipinski definition) is 1. The predicted octanol–water partition coefficient (Wildman–Crippen LogP) is 5.67. The summed E-state index contributed by atoms with van der Waals surface area (Å²) in [6.07, 6.45) is 6.80. The van der Waals surface area contributed by atoms with E-state index in [0.29, 0.717) is 23.0 Å². The first-order valence-corrected chi connectivity index (χ1v) is 13.1. The van der Waals surface area contributed by atoms with Gasteiger partial charge in [-0.1, -0.05) is 74.5 Å². The summed E-state index contributed by atoms with van der Waals surface area (Å²) in [5.74, 6) is 2.11. The lowest BCUT2D eigenvalue weighted by molar-refractivity contribution is 0.0138. The Morgan fingerprint density at radius 3 is 2.13 bits per heavy atom. The average molecular weight is 424 g/mol. The quantitative estimate of drug-likeness (QED) is 0.414. The maximum absolute atomic E-state index is 5.87. The van der Waals surface area contributed by atoms with Gasteiger partial charge in [0.05, 0.1) is 0 Å². The highest BCUT2D eigenvalue weighted by atomic mass is 31.1. The van der Waals surface area contributed by atoms with Gasteiger partial charge < -0.3 is 4.74 Å². The minimum absolute atomic E-state index is 0.140. The highest BCUT2D eigenvalue weighted by Gasteiger charge is 2.58. The van der Waals surface area contributed by atoms with Crippen molar-refractivity contribution in [3.63, 3.8) is 0 Å². The van der Waals surface area contributed by atoms with Gasteiger partial charge in [-0.3, -0.25) is 5.32 Å². The number of nitrogens with one attached hydrogen (secondary N) is 1. The fraction of sp³-hybridized carbons (Fsp3) is 0.556. The third-order valence-electron chi connectivity index (χ3n) is 7.82. The van der Waals surface area contributed by atoms with Crippen LogP contribution in [-0.2, 0) is 4.74 Å². The summed E-state index contributed by atoms with van der Waals surface area (Å²) < 4.78 is 5.87. The van der Waals surface area contributed by atoms with E-state index in [-0.39, 0.29) is 6.23 Å². The van der Waals surface area contributed by atoms with E-state index in [1.165, 1.54) is 25.7 Å². The van der Waals surface area contributed by atoms with Crippen LogP contribution in [0.15, 0.2) is 60.7 Å². The van der Waals surface area contributed by atoms with Crippen LogP contribution in [0.25, 0.3) is 0 Å². The van der Waals surface area contributed by atoms with Gasteiger partial charge in [0.1, 0.15) is 6.23 Å². The zero-order chi connectivity index (χ0) is 21.1. The molecule has 0 amide bonds. The number of fused-ring (bicyclic) bond motifs is 2. The van der Waals surface area contributed by atoms with Gasteiger partial charge in [0.15, 0.2) is 0 Å². The molecule has 2 bridgehead atoms. The second kappa shape index (κ2) is 9.51. The van der Waals surface area contributed by atoms with E-state index in [1.54, 1.807) is 10.6 Å². The van der Waals surface area contributed by atoms with Crippen molar-refractivity contribution in [3.8, 4) is 0 Å². The summed E-state index contributed by atoms with van der Waals surface area (Å²) in [5.41, 5.74) is 0. The Labute approximate surface area is 184 Å². The largest absolute Gasteiger partial charge is 0.366 e. The van der Waals surface area contributed by atoms with Gasteiger partial charge in [0.2, 0.25) is 0 Å². The normalized spacial score (nSPS) is 28.6. The smallest absolute Gasteiger partial charge is 0.110 e. The van der Waals surface area contributed by atoms with Crippen LogP contribution in [0.1, 0.15) is 52.9 Å². The molecule has 2 nitrogen and oxygen atoms in total. The molecule has 162 valence electrons. The zero-order valence-electron chi connectivity index (χ0n) is 19.1. The number of ether oxygens (including phenoxy) is 1. The van der Waals surface area contributed by atoms with Gasteiger partial charge in [-0.2, -0.15) is 0 Å². The zero-order valence-corrected chi connectivity index (χ0v) is 19.9. The Kier molecular flexibility index (Phi) is 6.98. The number of benzene rings is 2. The van der Waals surface area contributed by atoms with Crippen LogP contribution in [0.4, 0.5) is 0 Å². The Balaban J connectivity index is 1.69. The Morgan fingerprint density at radius 2 is 1.63 bits per heavy atom. The van der Waals surface area contributed by atoms with Crippen molar-refractivity contribution in [2.45, 2.75) is 70.3 Å². The van der Waals surface area contributed by atoms with E-state index in [1.807, 2.05) is 7.11 Å². The molecule has 2 aromatic rings. The summed E-state index contributed by atoms with van der Waals surface area (Å²) in [4.78, 5) is 0. The molecule has 0 saturated heterocycles. The summed E-state index contributed by atoms with van der Waals surface area (Å²) in [6, 6.07) is 23.2. The third kappa shape index (κ3) is 4.12. The topological polar surface area (TPSA) is 21.3 Å². The number of hydrogen-bond acceptors (Lipinski definition) is 2. The van der Waals surface area contributed by atoms with Gasteiger partial charge in [-0.25, -0.2) is 0 Å². The fourth-order valence-electron chi connectivity index (χ4n) is 6.18. The van der Waals surface area contributed by atoms with Crippen molar-refractivity contribution >= 4 is 18.5 Å². The summed E-state index contributed by atoms with van der Waals surface area (Å²) in [5, 5.41) is 7.40. The molecule has 0 spiro atoms. The molecule has 2 saturated carbocycles. The number of rotatable bonds is 9. The van der Waals surface area contributed by atoms with E-state index in [2.05, 4.69) is 86.8 Å². The van der Waals surface area contributed by atoms with E-state index < -0.39 is 7.92 Å². The van der Waals surface area contributed by atoms with E-state index in [9.17, 15) is 0 Å². The molecule has 4 rings (SSSR count). The molecular formula is C27H38NOP. The molecule has 5 unspecified atom stereocenters. The molecule has 0 heterocycles. The van der Waals surface area contributed by atoms with Crippen molar-refractivity contribution < 1.29 is 4.74 Å². The van der Waals surface area contributed by atoms with E-state index in [4.69, 9.17) is 4.74 Å². The molecular weight excluding hydrogens is 385 g/mol. The predicted molar refractivity (Wildman–Crippen MR) is 130 cm³/mol. The summed E-state index contributed by atoms with van der Waals surface area (Å²) in [6.45, 7) is 6.97. The fourth-order valence-corrected chi connectivity index (χ4v) is 9.91. The van der Waals surface area contributed by atoms with Crippen LogP contribution in [0.3, 0.4) is 0 Å². The van der Waals surface area contributed by atoms with Gasteiger partial charge in [0.25, 0.3) is 0 Å². The molecule has 30 heavy (non-hydrogen) atoms. The second-order valence-electron chi connectivity index (χ2n) is 9.56. The molecule has 2 aliphatic rings. The van der Waals surface area contributed by atoms with Gasteiger partial charge in [-0.05, 0) is 75.3 Å². The molecule has 2 aromatic carbocycles. The second-order valence-corrected chi connectivity index (χ2v) is 12.2. The maximum Gasteiger partial charge on any atom is 0.110 e. The van der Waals surface area contributed by atoms with E-state index >= 15 is 0 Å². The van der Waals surface area contributed by atoms with Crippen molar-refractivity contribution in [3.05, 3.63) is 60.7 Å². The van der Waals surface area contributed by atoms with Crippen LogP contribution < -0.4 is 15.9 Å². The van der Waals surface area contributed by atoms with Gasteiger partial charge >= 0.3 is 0 Å². The lowest BCUT2D eigenvalue weighted by Crippen LogP contribution is -2.51. The lowest BCUT2D eigenvalue weighted by atomic mass is 9.83. The minimum atomic E-state index is -0.395. The van der Waals surface area contributed by atoms with E-state index in [0.717, 1.165) is 12.3 Å². The molecule has 3 heteroatoms. The molecule has 1 N–H and O–H groups in total. The molecule has 0 aromatic heterocycles. The van der Waals surface area contributed by atoms with Crippen LogP contribution in [0.5, 0.6) is 0 Å². The Morgan fingerprint density at radius 1 is 1.03 bits per heavy atom. The third-order valence-corrected chi connectivity index (χ3v) is 11.1. The SMILES string of the molecule is CCC(C)C(NC(C)C1C[C@@H]2CCC1(P(c1ccccc1)c1ccccc1)C2)OC. The van der Waals surface area contributed by atoms with Gasteiger partial charge in [-0.15, -0.1) is 0 Å². The lowest BCUT2D eigenvalue weighted by Gasteiger charge is -2.46. The first-order chi connectivity index (χ1) is 14.6. The Bertz CT molecular complexity index is 758. The highest BCUT2D eigenvalue weighted by molar-refractivity contribution is 7.74. The molecule has 6 atom stereocenters. The van der Waals surface area contributed by atoms with Gasteiger partial charge in [0, 0.05) is 18.3 Å². The Hall–Kier alpha value is -1.21. The first-order valence-electron chi connectivity index (χ1n) is 11.8. The minimum Gasteiger partial charge on any atom is -0.366 e. The highest BCUT2D eigenvalue weighted by Crippen LogP contribution is 2.68. The molecule has 2 aliphatic carbocycles. The van der Waals surface area contributed by atoms with Crippen molar-refractivity contribution in [1.82, 2.24) is 5.32 Å². The van der Waals surface area contributed by atoms with Crippen LogP contribution in [0, 0.1) is 17.8 Å². The van der Waals surface area contributed by atoms with Crippen molar-refractivity contribution in [1.29, 1.82) is 0 Å². The van der Waals surface area contributed by atoms with Crippen molar-refractivity contribution in [2.24, 2.45) is 17.8 Å². The average Bonchev–Trinajstić information content (AvgIpc) is 3.37. The van der Waals surface area contributed by atoms with Crippen molar-refractivity contribution in [2.75, 3.05) is 7.11 Å². The maximum atomic E-state index is 5.87. The van der Waals surface area contributed by atoms with Crippen LogP contribution in [0.2, 0.25) is 0 Å². The van der Waals surface area contributed by atoms with Crippen LogP contribution >= 0.6 is 7.92 Å². The first kappa shape index (κ1) is 22.0. The standard InChI is InChI=1S/C27H38NOP/c1-5-20(2)26(29-4)28-21(3)25-18-22-16-17-27(25,19-22)30(23-12-8-6-9-13-23)24-14-10-7-11-15-24/h6-15,20-22,25-26,28H,5,16-19H2,1-4H3/t20?,21?,22-,25?,26?,27?/m0/s1. The number of methoxy groups -OCH3 is 1. The molecule has 2 fully saturated rings. The molecule has 0 aliphatic heterocycles.